The first-order chi connectivity index (χ1) is 9.99. The summed E-state index contributed by atoms with van der Waals surface area (Å²) >= 11 is 0. The van der Waals surface area contributed by atoms with Crippen molar-refractivity contribution in [1.29, 1.82) is 0 Å². The molecule has 3 N–H and O–H groups in total. The zero-order chi connectivity index (χ0) is 15.6. The first kappa shape index (κ1) is 15.5. The Labute approximate surface area is 127 Å². The Hall–Kier alpha value is -1.84. The van der Waals surface area contributed by atoms with Gasteiger partial charge in [0.25, 0.3) is 0 Å². The van der Waals surface area contributed by atoms with Gasteiger partial charge in [0.1, 0.15) is 5.75 Å². The summed E-state index contributed by atoms with van der Waals surface area (Å²) in [5.74, 6) is 6.77. The van der Waals surface area contributed by atoms with Crippen LogP contribution in [-0.4, -0.2) is 7.11 Å². The van der Waals surface area contributed by atoms with E-state index in [-0.39, 0.29) is 6.04 Å². The molecule has 0 saturated carbocycles. The van der Waals surface area contributed by atoms with E-state index in [0.717, 1.165) is 11.3 Å². The third-order valence-corrected chi connectivity index (χ3v) is 4.00. The lowest BCUT2D eigenvalue weighted by Gasteiger charge is -2.25. The number of aryl methyl sites for hydroxylation is 4. The third-order valence-electron chi connectivity index (χ3n) is 4.00. The number of rotatable bonds is 4. The Bertz CT molecular complexity index is 630. The van der Waals surface area contributed by atoms with Crippen LogP contribution < -0.4 is 16.0 Å². The molecule has 21 heavy (non-hydrogen) atoms. The minimum absolute atomic E-state index is 0.0817. The van der Waals surface area contributed by atoms with E-state index >= 15 is 0 Å². The molecule has 0 aliphatic heterocycles. The van der Waals surface area contributed by atoms with Crippen LogP contribution in [0.1, 0.15) is 39.4 Å². The lowest BCUT2D eigenvalue weighted by atomic mass is 9.88. The van der Waals surface area contributed by atoms with Crippen LogP contribution in [-0.2, 0) is 0 Å². The van der Waals surface area contributed by atoms with Gasteiger partial charge in [0.15, 0.2) is 0 Å². The molecule has 1 atom stereocenters. The first-order valence-corrected chi connectivity index (χ1v) is 7.17. The summed E-state index contributed by atoms with van der Waals surface area (Å²) in [7, 11) is 1.70. The largest absolute Gasteiger partial charge is 0.496 e. The van der Waals surface area contributed by atoms with Crippen LogP contribution in [0.25, 0.3) is 0 Å². The van der Waals surface area contributed by atoms with Crippen molar-refractivity contribution in [2.45, 2.75) is 33.7 Å². The molecule has 0 saturated heterocycles. The lowest BCUT2D eigenvalue weighted by Crippen LogP contribution is -2.31. The molecule has 0 aliphatic rings. The summed E-state index contributed by atoms with van der Waals surface area (Å²) in [6.45, 7) is 8.40. The van der Waals surface area contributed by atoms with Gasteiger partial charge in [0.05, 0.1) is 13.2 Å². The van der Waals surface area contributed by atoms with Crippen LogP contribution in [0, 0.1) is 27.7 Å². The quantitative estimate of drug-likeness (QED) is 0.667. The summed E-state index contributed by atoms with van der Waals surface area (Å²) in [5, 5.41) is 0. The van der Waals surface area contributed by atoms with Crippen molar-refractivity contribution in [2.24, 2.45) is 5.84 Å². The van der Waals surface area contributed by atoms with E-state index in [0.29, 0.717) is 0 Å². The van der Waals surface area contributed by atoms with E-state index in [1.807, 2.05) is 0 Å². The minimum atomic E-state index is -0.0817. The van der Waals surface area contributed by atoms with Gasteiger partial charge in [-0.2, -0.15) is 0 Å². The Balaban J connectivity index is 2.68. The maximum absolute atomic E-state index is 5.90. The molecule has 112 valence electrons. The van der Waals surface area contributed by atoms with Gasteiger partial charge >= 0.3 is 0 Å². The van der Waals surface area contributed by atoms with Crippen LogP contribution in [0.15, 0.2) is 30.3 Å². The van der Waals surface area contributed by atoms with Crippen molar-refractivity contribution in [3.05, 3.63) is 63.7 Å². The molecule has 0 spiro atoms. The number of hydrogen-bond acceptors (Lipinski definition) is 3. The predicted molar refractivity (Wildman–Crippen MR) is 87.6 cm³/mol. The fourth-order valence-electron chi connectivity index (χ4n) is 3.07. The maximum Gasteiger partial charge on any atom is 0.124 e. The second-order valence-electron chi connectivity index (χ2n) is 5.60. The topological polar surface area (TPSA) is 47.3 Å². The van der Waals surface area contributed by atoms with E-state index in [1.165, 1.54) is 27.8 Å². The van der Waals surface area contributed by atoms with Crippen LogP contribution in [0.2, 0.25) is 0 Å². The Morgan fingerprint density at radius 3 is 2.10 bits per heavy atom. The van der Waals surface area contributed by atoms with E-state index in [9.17, 15) is 0 Å². The standard InChI is InChI=1S/C18H24N2O/c1-11-9-14(4)17(15(10-11)21-5)18(20-19)16-12(2)7-6-8-13(16)3/h6-10,18,20H,19H2,1-5H3. The zero-order valence-electron chi connectivity index (χ0n) is 13.4. The van der Waals surface area contributed by atoms with E-state index in [4.69, 9.17) is 10.6 Å². The summed E-state index contributed by atoms with van der Waals surface area (Å²) in [5.41, 5.74) is 10.1. The maximum atomic E-state index is 5.90. The number of ether oxygens (including phenoxy) is 1. The van der Waals surface area contributed by atoms with Gasteiger partial charge < -0.3 is 4.74 Å². The number of benzene rings is 2. The van der Waals surface area contributed by atoms with Gasteiger partial charge in [0, 0.05) is 5.56 Å². The average molecular weight is 284 g/mol. The van der Waals surface area contributed by atoms with Crippen LogP contribution in [0.4, 0.5) is 0 Å². The monoisotopic (exact) mass is 284 g/mol. The predicted octanol–water partition coefficient (Wildman–Crippen LogP) is 3.48. The zero-order valence-corrected chi connectivity index (χ0v) is 13.4. The number of methoxy groups -OCH3 is 1. The molecule has 2 aromatic carbocycles. The smallest absolute Gasteiger partial charge is 0.124 e. The molecule has 3 heteroatoms. The fourth-order valence-corrected chi connectivity index (χ4v) is 3.07. The molecule has 0 fully saturated rings. The highest BCUT2D eigenvalue weighted by molar-refractivity contribution is 5.51. The summed E-state index contributed by atoms with van der Waals surface area (Å²) < 4.78 is 5.60. The second kappa shape index (κ2) is 6.29. The molecule has 2 aromatic rings. The SMILES string of the molecule is COc1cc(C)cc(C)c1C(NN)c1c(C)cccc1C. The normalized spacial score (nSPS) is 12.3. The van der Waals surface area contributed by atoms with Crippen LogP contribution in [0.3, 0.4) is 0 Å². The molecule has 1 unspecified atom stereocenters. The molecule has 0 amide bonds. The van der Waals surface area contributed by atoms with Gasteiger partial charge in [-0.1, -0.05) is 24.3 Å². The molecular formula is C18H24N2O. The van der Waals surface area contributed by atoms with Gasteiger partial charge in [-0.15, -0.1) is 0 Å². The molecular weight excluding hydrogens is 260 g/mol. The highest BCUT2D eigenvalue weighted by Gasteiger charge is 2.22. The Morgan fingerprint density at radius 2 is 1.57 bits per heavy atom. The van der Waals surface area contributed by atoms with Gasteiger partial charge in [-0.3, -0.25) is 5.84 Å². The fraction of sp³-hybridized carbons (Fsp3) is 0.333. The van der Waals surface area contributed by atoms with Gasteiger partial charge in [0.2, 0.25) is 0 Å². The summed E-state index contributed by atoms with van der Waals surface area (Å²) in [6.07, 6.45) is 0. The van der Waals surface area contributed by atoms with E-state index in [1.54, 1.807) is 7.11 Å². The average Bonchev–Trinajstić information content (AvgIpc) is 2.43. The highest BCUT2D eigenvalue weighted by atomic mass is 16.5. The van der Waals surface area contributed by atoms with Crippen molar-refractivity contribution in [1.82, 2.24) is 5.43 Å². The second-order valence-corrected chi connectivity index (χ2v) is 5.60. The minimum Gasteiger partial charge on any atom is -0.496 e. The molecule has 0 radical (unpaired) electrons. The highest BCUT2D eigenvalue weighted by Crippen LogP contribution is 2.35. The van der Waals surface area contributed by atoms with Gasteiger partial charge in [-0.25, -0.2) is 5.43 Å². The van der Waals surface area contributed by atoms with Crippen LogP contribution >= 0.6 is 0 Å². The van der Waals surface area contributed by atoms with Crippen LogP contribution in [0.5, 0.6) is 5.75 Å². The Kier molecular flexibility index (Phi) is 4.66. The van der Waals surface area contributed by atoms with Crippen molar-refractivity contribution in [3.8, 4) is 5.75 Å². The summed E-state index contributed by atoms with van der Waals surface area (Å²) in [6, 6.07) is 10.4. The Morgan fingerprint density at radius 1 is 0.952 bits per heavy atom. The molecule has 0 aliphatic carbocycles. The summed E-state index contributed by atoms with van der Waals surface area (Å²) in [4.78, 5) is 0. The molecule has 0 aromatic heterocycles. The van der Waals surface area contributed by atoms with Crippen molar-refractivity contribution in [2.75, 3.05) is 7.11 Å². The van der Waals surface area contributed by atoms with Crippen molar-refractivity contribution >= 4 is 0 Å². The first-order valence-electron chi connectivity index (χ1n) is 7.17. The number of nitrogens with one attached hydrogen (secondary N) is 1. The number of hydrazine groups is 1. The molecule has 3 nitrogen and oxygen atoms in total. The lowest BCUT2D eigenvalue weighted by molar-refractivity contribution is 0.403. The van der Waals surface area contributed by atoms with Crippen molar-refractivity contribution in [3.63, 3.8) is 0 Å². The molecule has 2 rings (SSSR count). The van der Waals surface area contributed by atoms with E-state index in [2.05, 4.69) is 63.5 Å². The molecule has 0 heterocycles. The number of hydrogen-bond donors (Lipinski definition) is 2. The van der Waals surface area contributed by atoms with Crippen molar-refractivity contribution < 1.29 is 4.74 Å². The third kappa shape index (κ3) is 2.94. The molecule has 0 bridgehead atoms. The number of nitrogens with two attached hydrogens (primary N) is 1. The van der Waals surface area contributed by atoms with Gasteiger partial charge in [-0.05, 0) is 61.6 Å². The van der Waals surface area contributed by atoms with E-state index < -0.39 is 0 Å².